The van der Waals surface area contributed by atoms with E-state index in [9.17, 15) is 4.79 Å². The van der Waals surface area contributed by atoms with Crippen molar-refractivity contribution in [2.75, 3.05) is 13.1 Å². The Hall–Kier alpha value is -3.06. The SMILES string of the molecule is Cc1ccc(-c2cc3c(cn2)ncc2c3n(C3CCNCC3)c(=O)n2C)cn1. The van der Waals surface area contributed by atoms with Gasteiger partial charge in [0, 0.05) is 35.9 Å². The van der Waals surface area contributed by atoms with Crippen molar-refractivity contribution in [3.8, 4) is 11.3 Å². The van der Waals surface area contributed by atoms with Gasteiger partial charge in [-0.2, -0.15) is 0 Å². The second kappa shape index (κ2) is 6.53. The Balaban J connectivity index is 1.79. The van der Waals surface area contributed by atoms with Gasteiger partial charge in [0.25, 0.3) is 0 Å². The van der Waals surface area contributed by atoms with Gasteiger partial charge in [0.15, 0.2) is 0 Å². The lowest BCUT2D eigenvalue weighted by molar-refractivity contribution is 0.366. The highest BCUT2D eigenvalue weighted by Crippen LogP contribution is 2.30. The average Bonchev–Trinajstić information content (AvgIpc) is 3.00. The van der Waals surface area contributed by atoms with Gasteiger partial charge in [0.2, 0.25) is 0 Å². The molecule has 0 radical (unpaired) electrons. The summed E-state index contributed by atoms with van der Waals surface area (Å²) in [6.45, 7) is 3.82. The number of hydrogen-bond donors (Lipinski definition) is 1. The molecule has 0 saturated carbocycles. The highest BCUT2D eigenvalue weighted by atomic mass is 16.1. The molecule has 4 aromatic heterocycles. The molecule has 5 heterocycles. The summed E-state index contributed by atoms with van der Waals surface area (Å²) in [6, 6.07) is 6.23. The molecule has 5 rings (SSSR count). The Bertz CT molecular complexity index is 1230. The molecule has 0 spiro atoms. The number of piperidine rings is 1. The number of pyridine rings is 3. The number of nitrogens with one attached hydrogen (secondary N) is 1. The Labute approximate surface area is 162 Å². The van der Waals surface area contributed by atoms with E-state index in [0.717, 1.165) is 64.8 Å². The van der Waals surface area contributed by atoms with Crippen LogP contribution in [-0.4, -0.2) is 37.2 Å². The van der Waals surface area contributed by atoms with Crippen LogP contribution >= 0.6 is 0 Å². The van der Waals surface area contributed by atoms with Crippen LogP contribution in [0.5, 0.6) is 0 Å². The summed E-state index contributed by atoms with van der Waals surface area (Å²) >= 11 is 0. The molecule has 1 N–H and O–H groups in total. The molecule has 0 amide bonds. The van der Waals surface area contributed by atoms with E-state index >= 15 is 0 Å². The van der Waals surface area contributed by atoms with E-state index in [-0.39, 0.29) is 11.7 Å². The van der Waals surface area contributed by atoms with Crippen LogP contribution in [0.2, 0.25) is 0 Å². The summed E-state index contributed by atoms with van der Waals surface area (Å²) < 4.78 is 3.68. The minimum absolute atomic E-state index is 0.0200. The van der Waals surface area contributed by atoms with E-state index in [1.807, 2.05) is 42.9 Å². The number of rotatable bonds is 2. The zero-order valence-electron chi connectivity index (χ0n) is 16.0. The first-order valence-corrected chi connectivity index (χ1v) is 9.63. The summed E-state index contributed by atoms with van der Waals surface area (Å²) in [7, 11) is 1.82. The average molecular weight is 374 g/mol. The fourth-order valence-electron chi connectivity index (χ4n) is 4.11. The van der Waals surface area contributed by atoms with Gasteiger partial charge in [-0.15, -0.1) is 0 Å². The summed E-state index contributed by atoms with van der Waals surface area (Å²) in [5.41, 5.74) is 5.38. The van der Waals surface area contributed by atoms with Crippen molar-refractivity contribution in [1.29, 1.82) is 0 Å². The number of aryl methyl sites for hydroxylation is 2. The van der Waals surface area contributed by atoms with E-state index in [1.165, 1.54) is 0 Å². The van der Waals surface area contributed by atoms with Crippen molar-refractivity contribution >= 4 is 21.9 Å². The van der Waals surface area contributed by atoms with Crippen molar-refractivity contribution in [3.05, 3.63) is 53.0 Å². The van der Waals surface area contributed by atoms with Crippen LogP contribution in [-0.2, 0) is 7.05 Å². The van der Waals surface area contributed by atoms with Crippen LogP contribution in [0.3, 0.4) is 0 Å². The highest BCUT2D eigenvalue weighted by Gasteiger charge is 2.23. The molecule has 0 aromatic carbocycles. The molecule has 4 aromatic rings. The van der Waals surface area contributed by atoms with Gasteiger partial charge in [0.1, 0.15) is 0 Å². The summed E-state index contributed by atoms with van der Waals surface area (Å²) in [4.78, 5) is 26.6. The smallest absolute Gasteiger partial charge is 0.317 e. The lowest BCUT2D eigenvalue weighted by Gasteiger charge is -2.24. The monoisotopic (exact) mass is 374 g/mol. The number of fused-ring (bicyclic) bond motifs is 3. The normalized spacial score (nSPS) is 15.5. The van der Waals surface area contributed by atoms with Crippen LogP contribution in [0, 0.1) is 6.92 Å². The first-order valence-electron chi connectivity index (χ1n) is 9.63. The van der Waals surface area contributed by atoms with Gasteiger partial charge in [-0.25, -0.2) is 4.79 Å². The predicted octanol–water partition coefficient (Wildman–Crippen LogP) is 2.58. The second-order valence-corrected chi connectivity index (χ2v) is 7.46. The van der Waals surface area contributed by atoms with Crippen LogP contribution in [0.15, 0.2) is 41.6 Å². The van der Waals surface area contributed by atoms with Crippen molar-refractivity contribution in [2.45, 2.75) is 25.8 Å². The molecule has 0 aliphatic carbocycles. The predicted molar refractivity (Wildman–Crippen MR) is 109 cm³/mol. The van der Waals surface area contributed by atoms with E-state index in [1.54, 1.807) is 17.0 Å². The number of aromatic nitrogens is 5. The third-order valence-corrected chi connectivity index (χ3v) is 5.68. The fourth-order valence-corrected chi connectivity index (χ4v) is 4.11. The third-order valence-electron chi connectivity index (χ3n) is 5.68. The molecule has 7 heteroatoms. The molecule has 1 fully saturated rings. The first-order chi connectivity index (χ1) is 13.6. The van der Waals surface area contributed by atoms with Crippen molar-refractivity contribution in [3.63, 3.8) is 0 Å². The van der Waals surface area contributed by atoms with E-state index < -0.39 is 0 Å². The van der Waals surface area contributed by atoms with Gasteiger partial charge in [-0.3, -0.25) is 24.1 Å². The number of nitrogens with zero attached hydrogens (tertiary/aromatic N) is 5. The van der Waals surface area contributed by atoms with Crippen LogP contribution in [0.1, 0.15) is 24.6 Å². The Morgan fingerprint density at radius 3 is 2.64 bits per heavy atom. The van der Waals surface area contributed by atoms with Gasteiger partial charge in [-0.05, 0) is 51.1 Å². The Morgan fingerprint density at radius 1 is 1.07 bits per heavy atom. The van der Waals surface area contributed by atoms with Crippen molar-refractivity contribution in [2.24, 2.45) is 7.05 Å². The molecule has 7 nitrogen and oxygen atoms in total. The number of imidazole rings is 1. The van der Waals surface area contributed by atoms with Crippen LogP contribution in [0.4, 0.5) is 0 Å². The lowest BCUT2D eigenvalue weighted by atomic mass is 10.1. The largest absolute Gasteiger partial charge is 0.329 e. The van der Waals surface area contributed by atoms with Gasteiger partial charge < -0.3 is 5.32 Å². The summed E-state index contributed by atoms with van der Waals surface area (Å²) in [5.74, 6) is 0. The quantitative estimate of drug-likeness (QED) is 0.583. The minimum atomic E-state index is 0.0200. The molecule has 1 saturated heterocycles. The van der Waals surface area contributed by atoms with E-state index in [2.05, 4.69) is 20.3 Å². The van der Waals surface area contributed by atoms with Gasteiger partial charge >= 0.3 is 5.69 Å². The Kier molecular flexibility index (Phi) is 3.98. The van der Waals surface area contributed by atoms with E-state index in [0.29, 0.717) is 0 Å². The molecule has 0 atom stereocenters. The summed E-state index contributed by atoms with van der Waals surface area (Å²) in [6.07, 6.45) is 7.30. The molecular weight excluding hydrogens is 352 g/mol. The van der Waals surface area contributed by atoms with Gasteiger partial charge in [-0.1, -0.05) is 0 Å². The number of hydrogen-bond acceptors (Lipinski definition) is 5. The standard InChI is InChI=1S/C21H22N6O/c1-13-3-4-14(10-23-13)17-9-16-18(11-24-17)25-12-19-20(16)27(21(28)26(19)2)15-5-7-22-8-6-15/h3-4,9-12,15,22H,5-8H2,1-2H3. The lowest BCUT2D eigenvalue weighted by Crippen LogP contribution is -2.34. The topological polar surface area (TPSA) is 77.6 Å². The minimum Gasteiger partial charge on any atom is -0.317 e. The molecule has 1 aliphatic rings. The molecule has 142 valence electrons. The molecule has 0 bridgehead atoms. The van der Waals surface area contributed by atoms with E-state index in [4.69, 9.17) is 0 Å². The summed E-state index contributed by atoms with van der Waals surface area (Å²) in [5, 5.41) is 4.34. The molecule has 28 heavy (non-hydrogen) atoms. The van der Waals surface area contributed by atoms with Crippen molar-refractivity contribution < 1.29 is 0 Å². The van der Waals surface area contributed by atoms with Gasteiger partial charge in [0.05, 0.1) is 34.6 Å². The van der Waals surface area contributed by atoms with Crippen molar-refractivity contribution in [1.82, 2.24) is 29.4 Å². The maximum Gasteiger partial charge on any atom is 0.329 e. The Morgan fingerprint density at radius 2 is 1.89 bits per heavy atom. The van der Waals surface area contributed by atoms with Crippen LogP contribution < -0.4 is 11.0 Å². The first kappa shape index (κ1) is 17.1. The zero-order chi connectivity index (χ0) is 19.3. The third kappa shape index (κ3) is 2.62. The second-order valence-electron chi connectivity index (χ2n) is 7.46. The highest BCUT2D eigenvalue weighted by molar-refractivity contribution is 6.03. The fraction of sp³-hybridized carbons (Fsp3) is 0.333. The zero-order valence-corrected chi connectivity index (χ0v) is 16.0. The molecule has 1 aliphatic heterocycles. The van der Waals surface area contributed by atoms with Crippen LogP contribution in [0.25, 0.3) is 33.2 Å². The molecule has 0 unspecified atom stereocenters. The maximum atomic E-state index is 13.1. The maximum absolute atomic E-state index is 13.1. The molecular formula is C21H22N6O.